The Kier molecular flexibility index (Phi) is 4.63. The average molecular weight is 251 g/mol. The number of hydrogen-bond donors (Lipinski definition) is 1. The first-order valence-corrected chi connectivity index (χ1v) is 7.86. The van der Waals surface area contributed by atoms with Gasteiger partial charge in [-0.2, -0.15) is 0 Å². The Labute approximate surface area is 110 Å². The van der Waals surface area contributed by atoms with E-state index in [2.05, 4.69) is 36.7 Å². The van der Waals surface area contributed by atoms with Crippen molar-refractivity contribution in [3.8, 4) is 0 Å². The van der Waals surface area contributed by atoms with Crippen LogP contribution < -0.4 is 5.32 Å². The summed E-state index contributed by atoms with van der Waals surface area (Å²) in [5.74, 6) is 0.749. The van der Waals surface area contributed by atoms with E-state index in [1.807, 2.05) is 11.3 Å². The van der Waals surface area contributed by atoms with Crippen LogP contribution in [0.15, 0.2) is 17.5 Å². The van der Waals surface area contributed by atoms with Gasteiger partial charge >= 0.3 is 0 Å². The van der Waals surface area contributed by atoms with E-state index >= 15 is 0 Å². The van der Waals surface area contributed by atoms with Gasteiger partial charge in [0, 0.05) is 16.8 Å². The summed E-state index contributed by atoms with van der Waals surface area (Å²) in [6.07, 6.45) is 6.98. The molecule has 1 nitrogen and oxygen atoms in total. The highest BCUT2D eigenvalue weighted by Gasteiger charge is 2.34. The van der Waals surface area contributed by atoms with Crippen LogP contribution in [0, 0.1) is 5.92 Å². The minimum Gasteiger partial charge on any atom is -0.316 e. The minimum absolute atomic E-state index is 0.446. The fourth-order valence-electron chi connectivity index (χ4n) is 2.92. The summed E-state index contributed by atoms with van der Waals surface area (Å²) in [7, 11) is 0. The van der Waals surface area contributed by atoms with Gasteiger partial charge in [-0.1, -0.05) is 39.2 Å². The van der Waals surface area contributed by atoms with Crippen molar-refractivity contribution in [1.29, 1.82) is 0 Å². The summed E-state index contributed by atoms with van der Waals surface area (Å²) < 4.78 is 0. The number of hydrogen-bond acceptors (Lipinski definition) is 2. The summed E-state index contributed by atoms with van der Waals surface area (Å²) >= 11 is 1.95. The monoisotopic (exact) mass is 251 g/mol. The van der Waals surface area contributed by atoms with Crippen LogP contribution in [-0.4, -0.2) is 13.1 Å². The molecule has 0 radical (unpaired) electrons. The maximum absolute atomic E-state index is 3.69. The lowest BCUT2D eigenvalue weighted by Crippen LogP contribution is -2.40. The molecular formula is C15H25NS. The second-order valence-corrected chi connectivity index (χ2v) is 6.79. The van der Waals surface area contributed by atoms with E-state index in [1.165, 1.54) is 38.6 Å². The molecule has 0 bridgehead atoms. The van der Waals surface area contributed by atoms with Crippen LogP contribution in [0.2, 0.25) is 0 Å². The molecule has 1 saturated carbocycles. The van der Waals surface area contributed by atoms with Gasteiger partial charge in [0.1, 0.15) is 0 Å². The first-order chi connectivity index (χ1) is 8.23. The first-order valence-electron chi connectivity index (χ1n) is 6.98. The normalized spacial score (nSPS) is 19.7. The molecule has 1 heterocycles. The molecule has 1 aliphatic carbocycles. The van der Waals surface area contributed by atoms with Crippen LogP contribution in [0.25, 0.3) is 0 Å². The lowest BCUT2D eigenvalue weighted by atomic mass is 9.73. The molecule has 0 unspecified atom stereocenters. The van der Waals surface area contributed by atoms with E-state index in [1.54, 1.807) is 4.88 Å². The van der Waals surface area contributed by atoms with E-state index in [-0.39, 0.29) is 0 Å². The molecule has 1 N–H and O–H groups in total. The zero-order chi connectivity index (χ0) is 12.1. The van der Waals surface area contributed by atoms with Gasteiger partial charge in [0.05, 0.1) is 0 Å². The van der Waals surface area contributed by atoms with Crippen LogP contribution in [0.4, 0.5) is 0 Å². The van der Waals surface area contributed by atoms with Crippen molar-refractivity contribution in [1.82, 2.24) is 5.32 Å². The Bertz CT molecular complexity index is 310. The van der Waals surface area contributed by atoms with Gasteiger partial charge in [0.2, 0.25) is 0 Å². The molecule has 17 heavy (non-hydrogen) atoms. The maximum atomic E-state index is 3.69. The second kappa shape index (κ2) is 6.01. The summed E-state index contributed by atoms with van der Waals surface area (Å²) in [5.41, 5.74) is 0.446. The predicted molar refractivity (Wildman–Crippen MR) is 76.8 cm³/mol. The molecule has 0 aromatic carbocycles. The average Bonchev–Trinajstić information content (AvgIpc) is 2.83. The van der Waals surface area contributed by atoms with Gasteiger partial charge in [-0.3, -0.25) is 0 Å². The van der Waals surface area contributed by atoms with E-state index < -0.39 is 0 Å². The van der Waals surface area contributed by atoms with Crippen LogP contribution in [0.3, 0.4) is 0 Å². The smallest absolute Gasteiger partial charge is 0.0172 e. The van der Waals surface area contributed by atoms with E-state index in [0.717, 1.165) is 12.5 Å². The Morgan fingerprint density at radius 2 is 2.06 bits per heavy atom. The van der Waals surface area contributed by atoms with Crippen LogP contribution in [-0.2, 0) is 5.41 Å². The van der Waals surface area contributed by atoms with Gasteiger partial charge in [-0.05, 0) is 36.8 Å². The van der Waals surface area contributed by atoms with E-state index in [0.29, 0.717) is 5.41 Å². The first kappa shape index (κ1) is 13.1. The summed E-state index contributed by atoms with van der Waals surface area (Å²) in [6, 6.07) is 4.55. The fraction of sp³-hybridized carbons (Fsp3) is 0.733. The molecule has 1 aliphatic rings. The Morgan fingerprint density at radius 1 is 1.29 bits per heavy atom. The van der Waals surface area contributed by atoms with Gasteiger partial charge in [-0.15, -0.1) is 11.3 Å². The highest BCUT2D eigenvalue weighted by Crippen LogP contribution is 2.41. The van der Waals surface area contributed by atoms with Crippen molar-refractivity contribution in [2.24, 2.45) is 5.92 Å². The lowest BCUT2D eigenvalue weighted by molar-refractivity contribution is 0.281. The molecule has 1 fully saturated rings. The van der Waals surface area contributed by atoms with E-state index in [4.69, 9.17) is 0 Å². The van der Waals surface area contributed by atoms with Gasteiger partial charge < -0.3 is 5.32 Å². The van der Waals surface area contributed by atoms with Gasteiger partial charge in [-0.25, -0.2) is 0 Å². The summed E-state index contributed by atoms with van der Waals surface area (Å²) in [6.45, 7) is 6.89. The lowest BCUT2D eigenvalue weighted by Gasteiger charge is -2.37. The van der Waals surface area contributed by atoms with Crippen molar-refractivity contribution in [2.45, 2.75) is 51.4 Å². The van der Waals surface area contributed by atoms with Crippen LogP contribution in [0.1, 0.15) is 50.8 Å². The van der Waals surface area contributed by atoms with Crippen molar-refractivity contribution in [3.63, 3.8) is 0 Å². The Hall–Kier alpha value is -0.340. The molecule has 0 atom stereocenters. The number of nitrogens with one attached hydrogen (secondary N) is 1. The topological polar surface area (TPSA) is 12.0 Å². The molecule has 2 rings (SSSR count). The molecular weight excluding hydrogens is 226 g/mol. The Morgan fingerprint density at radius 3 is 2.65 bits per heavy atom. The van der Waals surface area contributed by atoms with E-state index in [9.17, 15) is 0 Å². The maximum Gasteiger partial charge on any atom is 0.0172 e. The van der Waals surface area contributed by atoms with Crippen molar-refractivity contribution in [2.75, 3.05) is 13.1 Å². The van der Waals surface area contributed by atoms with Crippen molar-refractivity contribution in [3.05, 3.63) is 22.4 Å². The third kappa shape index (κ3) is 3.32. The van der Waals surface area contributed by atoms with Crippen LogP contribution in [0.5, 0.6) is 0 Å². The number of rotatable bonds is 5. The van der Waals surface area contributed by atoms with Crippen molar-refractivity contribution < 1.29 is 0 Å². The third-order valence-electron chi connectivity index (χ3n) is 3.87. The highest BCUT2D eigenvalue weighted by molar-refractivity contribution is 7.10. The molecule has 1 aromatic rings. The zero-order valence-corrected chi connectivity index (χ0v) is 12.0. The minimum atomic E-state index is 0.446. The molecule has 0 spiro atoms. The highest BCUT2D eigenvalue weighted by atomic mass is 32.1. The molecule has 0 saturated heterocycles. The SMILES string of the molecule is CC(C)CNCC1(c2cccs2)CCCCC1. The molecule has 2 heteroatoms. The molecule has 0 amide bonds. The van der Waals surface area contributed by atoms with Crippen molar-refractivity contribution >= 4 is 11.3 Å². The Balaban J connectivity index is 2.02. The predicted octanol–water partition coefficient (Wildman–Crippen LogP) is 4.20. The molecule has 0 aliphatic heterocycles. The zero-order valence-electron chi connectivity index (χ0n) is 11.2. The summed E-state index contributed by atoms with van der Waals surface area (Å²) in [4.78, 5) is 1.61. The fourth-order valence-corrected chi connectivity index (χ4v) is 3.91. The number of thiophene rings is 1. The van der Waals surface area contributed by atoms with Crippen LogP contribution >= 0.6 is 11.3 Å². The summed E-state index contributed by atoms with van der Waals surface area (Å²) in [5, 5.41) is 5.92. The van der Waals surface area contributed by atoms with Gasteiger partial charge in [0.25, 0.3) is 0 Å². The largest absolute Gasteiger partial charge is 0.316 e. The second-order valence-electron chi connectivity index (χ2n) is 5.84. The molecule has 1 aromatic heterocycles. The molecule has 96 valence electrons. The quantitative estimate of drug-likeness (QED) is 0.827. The third-order valence-corrected chi connectivity index (χ3v) is 4.99. The standard InChI is InChI=1S/C15H25NS/c1-13(2)11-16-12-15(8-4-3-5-9-15)14-7-6-10-17-14/h6-7,10,13,16H,3-5,8-9,11-12H2,1-2H3. The van der Waals surface area contributed by atoms with Gasteiger partial charge in [0.15, 0.2) is 0 Å².